The fraction of sp³-hybridized carbons (Fsp3) is 0.846. The molecule has 0 aromatic carbocycles. The minimum absolute atomic E-state index is 0.0615. The topological polar surface area (TPSA) is 69.6 Å². The molecule has 0 aliphatic carbocycles. The second-order valence-electron chi connectivity index (χ2n) is 5.35. The Hall–Kier alpha value is -1.26. The van der Waals surface area contributed by atoms with E-state index < -0.39 is 11.5 Å². The monoisotopic (exact) mass is 258 g/mol. The molecule has 2 amide bonds. The van der Waals surface area contributed by atoms with E-state index in [-0.39, 0.29) is 12.1 Å². The molecule has 0 aliphatic rings. The Balaban J connectivity index is 4.53. The Kier molecular flexibility index (Phi) is 6.73. The summed E-state index contributed by atoms with van der Waals surface area (Å²) in [6, 6.07) is -0.250. The molecule has 0 spiro atoms. The summed E-state index contributed by atoms with van der Waals surface area (Å²) in [7, 11) is 0. The van der Waals surface area contributed by atoms with Crippen molar-refractivity contribution in [2.24, 2.45) is 0 Å². The van der Waals surface area contributed by atoms with Crippen molar-refractivity contribution in [3.63, 3.8) is 0 Å². The quantitative estimate of drug-likeness (QED) is 0.689. The normalized spacial score (nSPS) is 11.4. The first kappa shape index (κ1) is 16.7. The summed E-state index contributed by atoms with van der Waals surface area (Å²) in [6.07, 6.45) is 3.10. The van der Waals surface area contributed by atoms with Crippen molar-refractivity contribution in [2.75, 3.05) is 6.54 Å². The molecule has 0 aromatic rings. The van der Waals surface area contributed by atoms with Crippen molar-refractivity contribution in [3.05, 3.63) is 0 Å². The minimum Gasteiger partial charge on any atom is -0.480 e. The first-order valence-corrected chi connectivity index (χ1v) is 6.54. The maximum atomic E-state index is 12.1. The SMILES string of the molecule is CCCCCN(C(=O)NC(C)(C)C(=O)O)C(C)C. The van der Waals surface area contributed by atoms with Crippen LogP contribution in [-0.2, 0) is 4.79 Å². The molecule has 106 valence electrons. The van der Waals surface area contributed by atoms with Crippen molar-refractivity contribution in [1.29, 1.82) is 0 Å². The predicted molar refractivity (Wildman–Crippen MR) is 71.6 cm³/mol. The highest BCUT2D eigenvalue weighted by atomic mass is 16.4. The lowest BCUT2D eigenvalue weighted by Crippen LogP contribution is -2.55. The fourth-order valence-corrected chi connectivity index (χ4v) is 1.52. The van der Waals surface area contributed by atoms with E-state index in [1.807, 2.05) is 13.8 Å². The van der Waals surface area contributed by atoms with Crippen molar-refractivity contribution >= 4 is 12.0 Å². The molecule has 0 atom stereocenters. The number of carboxylic acids is 1. The summed E-state index contributed by atoms with van der Waals surface area (Å²) in [5.41, 5.74) is -1.24. The van der Waals surface area contributed by atoms with Gasteiger partial charge in [-0.15, -0.1) is 0 Å². The molecular formula is C13H26N2O3. The van der Waals surface area contributed by atoms with Crippen LogP contribution in [0.1, 0.15) is 53.9 Å². The third-order valence-electron chi connectivity index (χ3n) is 2.84. The van der Waals surface area contributed by atoms with Crippen LogP contribution >= 0.6 is 0 Å². The number of carbonyl (C=O) groups excluding carboxylic acids is 1. The van der Waals surface area contributed by atoms with Crippen molar-refractivity contribution in [3.8, 4) is 0 Å². The van der Waals surface area contributed by atoms with Gasteiger partial charge in [0.15, 0.2) is 0 Å². The number of unbranched alkanes of at least 4 members (excludes halogenated alkanes) is 2. The number of aliphatic carboxylic acids is 1. The third kappa shape index (κ3) is 5.38. The van der Waals surface area contributed by atoms with Crippen LogP contribution in [0.2, 0.25) is 0 Å². The smallest absolute Gasteiger partial charge is 0.328 e. The van der Waals surface area contributed by atoms with Gasteiger partial charge < -0.3 is 15.3 Å². The van der Waals surface area contributed by atoms with Gasteiger partial charge in [0.2, 0.25) is 0 Å². The molecule has 0 unspecified atom stereocenters. The van der Waals surface area contributed by atoms with Crippen molar-refractivity contribution in [2.45, 2.75) is 65.5 Å². The highest BCUT2D eigenvalue weighted by Crippen LogP contribution is 2.08. The largest absolute Gasteiger partial charge is 0.480 e. The van der Waals surface area contributed by atoms with E-state index in [0.717, 1.165) is 19.3 Å². The zero-order valence-electron chi connectivity index (χ0n) is 12.1. The molecule has 0 fully saturated rings. The summed E-state index contributed by atoms with van der Waals surface area (Å²) in [6.45, 7) is 9.59. The number of urea groups is 1. The van der Waals surface area contributed by atoms with Gasteiger partial charge >= 0.3 is 12.0 Å². The maximum absolute atomic E-state index is 12.1. The van der Waals surface area contributed by atoms with Gasteiger partial charge in [0.25, 0.3) is 0 Å². The van der Waals surface area contributed by atoms with E-state index in [0.29, 0.717) is 6.54 Å². The molecule has 2 N–H and O–H groups in total. The molecule has 0 aliphatic heterocycles. The first-order chi connectivity index (χ1) is 8.22. The van der Waals surface area contributed by atoms with E-state index in [2.05, 4.69) is 12.2 Å². The van der Waals surface area contributed by atoms with Gasteiger partial charge in [-0.3, -0.25) is 0 Å². The van der Waals surface area contributed by atoms with Crippen LogP contribution in [0.3, 0.4) is 0 Å². The second kappa shape index (κ2) is 7.24. The number of rotatable bonds is 7. The summed E-state index contributed by atoms with van der Waals surface area (Å²) < 4.78 is 0. The Labute approximate surface area is 110 Å². The number of carbonyl (C=O) groups is 2. The standard InChI is InChI=1S/C13H26N2O3/c1-6-7-8-9-15(10(2)3)12(18)14-13(4,5)11(16)17/h10H,6-9H2,1-5H3,(H,14,18)(H,16,17). The van der Waals surface area contributed by atoms with E-state index in [1.165, 1.54) is 13.8 Å². The molecule has 0 saturated heterocycles. The number of amides is 2. The molecule has 0 heterocycles. The lowest BCUT2D eigenvalue weighted by Gasteiger charge is -2.31. The summed E-state index contributed by atoms with van der Waals surface area (Å²) in [5.74, 6) is -1.03. The van der Waals surface area contributed by atoms with E-state index in [4.69, 9.17) is 5.11 Å². The molecule has 5 nitrogen and oxygen atoms in total. The molecule has 0 bridgehead atoms. The van der Waals surface area contributed by atoms with Crippen LogP contribution in [0.15, 0.2) is 0 Å². The fourth-order valence-electron chi connectivity index (χ4n) is 1.52. The first-order valence-electron chi connectivity index (χ1n) is 6.54. The number of carboxylic acid groups (broad SMARTS) is 1. The zero-order valence-corrected chi connectivity index (χ0v) is 12.1. The van der Waals surface area contributed by atoms with Gasteiger partial charge in [0, 0.05) is 12.6 Å². The third-order valence-corrected chi connectivity index (χ3v) is 2.84. The second-order valence-corrected chi connectivity index (χ2v) is 5.35. The van der Waals surface area contributed by atoms with Gasteiger partial charge in [-0.1, -0.05) is 19.8 Å². The lowest BCUT2D eigenvalue weighted by atomic mass is 10.1. The summed E-state index contributed by atoms with van der Waals surface area (Å²) in [5, 5.41) is 11.5. The van der Waals surface area contributed by atoms with Crippen molar-refractivity contribution in [1.82, 2.24) is 10.2 Å². The van der Waals surface area contributed by atoms with Crippen LogP contribution in [0.5, 0.6) is 0 Å². The molecule has 5 heteroatoms. The number of hydrogen-bond acceptors (Lipinski definition) is 2. The lowest BCUT2D eigenvalue weighted by molar-refractivity contribution is -0.143. The summed E-state index contributed by atoms with van der Waals surface area (Å²) >= 11 is 0. The molecule has 0 aromatic heterocycles. The molecular weight excluding hydrogens is 232 g/mol. The summed E-state index contributed by atoms with van der Waals surface area (Å²) in [4.78, 5) is 24.7. The van der Waals surface area contributed by atoms with Gasteiger partial charge in [0.05, 0.1) is 0 Å². The number of hydrogen-bond donors (Lipinski definition) is 2. The average Bonchev–Trinajstić information content (AvgIpc) is 2.22. The van der Waals surface area contributed by atoms with Gasteiger partial charge in [-0.25, -0.2) is 9.59 Å². The Morgan fingerprint density at radius 2 is 1.83 bits per heavy atom. The molecule has 0 saturated carbocycles. The average molecular weight is 258 g/mol. The van der Waals surface area contributed by atoms with Crippen LogP contribution in [0.25, 0.3) is 0 Å². The van der Waals surface area contributed by atoms with Gasteiger partial charge in [-0.05, 0) is 34.1 Å². The Bertz CT molecular complexity index is 288. The zero-order chi connectivity index (χ0) is 14.3. The maximum Gasteiger partial charge on any atom is 0.328 e. The van der Waals surface area contributed by atoms with E-state index in [9.17, 15) is 9.59 Å². The molecule has 18 heavy (non-hydrogen) atoms. The molecule has 0 rings (SSSR count). The van der Waals surface area contributed by atoms with Crippen LogP contribution in [0, 0.1) is 0 Å². The van der Waals surface area contributed by atoms with E-state index in [1.54, 1.807) is 4.90 Å². The Morgan fingerprint density at radius 3 is 2.22 bits per heavy atom. The Morgan fingerprint density at radius 1 is 1.28 bits per heavy atom. The minimum atomic E-state index is -1.24. The number of nitrogens with zero attached hydrogens (tertiary/aromatic N) is 1. The van der Waals surface area contributed by atoms with Crippen LogP contribution in [0.4, 0.5) is 4.79 Å². The number of nitrogens with one attached hydrogen (secondary N) is 1. The van der Waals surface area contributed by atoms with E-state index >= 15 is 0 Å². The van der Waals surface area contributed by atoms with Crippen LogP contribution in [-0.4, -0.2) is 40.1 Å². The molecule has 0 radical (unpaired) electrons. The van der Waals surface area contributed by atoms with Gasteiger partial charge in [-0.2, -0.15) is 0 Å². The highest BCUT2D eigenvalue weighted by Gasteiger charge is 2.31. The van der Waals surface area contributed by atoms with Crippen LogP contribution < -0.4 is 5.32 Å². The van der Waals surface area contributed by atoms with Crippen molar-refractivity contribution < 1.29 is 14.7 Å². The van der Waals surface area contributed by atoms with Gasteiger partial charge in [0.1, 0.15) is 5.54 Å². The predicted octanol–water partition coefficient (Wildman–Crippen LogP) is 2.46. The highest BCUT2D eigenvalue weighted by molar-refractivity contribution is 5.85.